The third-order valence-electron chi connectivity index (χ3n) is 0.402. The zero-order chi connectivity index (χ0) is 5.54. The Kier molecular flexibility index (Phi) is 6.51. The van der Waals surface area contributed by atoms with Gasteiger partial charge >= 0.3 is 0 Å². The van der Waals surface area contributed by atoms with Gasteiger partial charge in [-0.05, 0) is 6.26 Å². The normalized spacial score (nSPS) is 9.43. The van der Waals surface area contributed by atoms with Crippen molar-refractivity contribution in [2.24, 2.45) is 0 Å². The van der Waals surface area contributed by atoms with Crippen molar-refractivity contribution in [2.45, 2.75) is 0 Å². The van der Waals surface area contributed by atoms with Crippen LogP contribution in [-0.2, 0) is 9.47 Å². The van der Waals surface area contributed by atoms with Crippen LogP contribution in [0.4, 0.5) is 0 Å². The quantitative estimate of drug-likeness (QED) is 0.408. The van der Waals surface area contributed by atoms with E-state index in [9.17, 15) is 0 Å². The Hall–Kier alpha value is 0.270. The summed E-state index contributed by atoms with van der Waals surface area (Å²) >= 11 is 1.64. The highest BCUT2D eigenvalue weighted by Gasteiger charge is 1.77. The zero-order valence-electron chi connectivity index (χ0n) is 4.64. The second-order valence-corrected chi connectivity index (χ2v) is 1.83. The van der Waals surface area contributed by atoms with E-state index in [0.29, 0.717) is 12.7 Å². The van der Waals surface area contributed by atoms with E-state index < -0.39 is 0 Å². The number of thioether (sulfide) groups is 1. The molecular weight excluding hydrogens is 112 g/mol. The van der Waals surface area contributed by atoms with Crippen molar-refractivity contribution in [3.05, 3.63) is 0 Å². The van der Waals surface area contributed by atoms with Gasteiger partial charge < -0.3 is 9.47 Å². The molecule has 0 unspecified atom stereocenters. The van der Waals surface area contributed by atoms with Crippen molar-refractivity contribution in [1.82, 2.24) is 0 Å². The van der Waals surface area contributed by atoms with Gasteiger partial charge in [0.25, 0.3) is 0 Å². The molecule has 0 aliphatic heterocycles. The SMILES string of the molecule is COCOCSC. The van der Waals surface area contributed by atoms with E-state index >= 15 is 0 Å². The van der Waals surface area contributed by atoms with Gasteiger partial charge in [-0.1, -0.05) is 0 Å². The predicted molar refractivity (Wildman–Crippen MR) is 31.3 cm³/mol. The minimum absolute atomic E-state index is 0.404. The molecule has 0 saturated carbocycles. The van der Waals surface area contributed by atoms with Gasteiger partial charge in [-0.15, -0.1) is 11.8 Å². The summed E-state index contributed by atoms with van der Waals surface area (Å²) in [5.41, 5.74) is 0. The average Bonchev–Trinajstić information content (AvgIpc) is 1.69. The van der Waals surface area contributed by atoms with Crippen molar-refractivity contribution in [1.29, 1.82) is 0 Å². The summed E-state index contributed by atoms with van der Waals surface area (Å²) in [7, 11) is 1.61. The van der Waals surface area contributed by atoms with E-state index in [4.69, 9.17) is 4.74 Å². The molecule has 0 heterocycles. The van der Waals surface area contributed by atoms with Crippen LogP contribution in [0.5, 0.6) is 0 Å². The fourth-order valence-corrected chi connectivity index (χ4v) is 0.435. The lowest BCUT2D eigenvalue weighted by atomic mass is 11.4. The van der Waals surface area contributed by atoms with Crippen molar-refractivity contribution in [3.8, 4) is 0 Å². The van der Waals surface area contributed by atoms with Crippen LogP contribution >= 0.6 is 11.8 Å². The number of ether oxygens (including phenoxy) is 2. The molecule has 0 aromatic carbocycles. The van der Waals surface area contributed by atoms with E-state index in [-0.39, 0.29) is 0 Å². The molecule has 0 N–H and O–H groups in total. The van der Waals surface area contributed by atoms with Crippen LogP contribution in [0.2, 0.25) is 0 Å². The van der Waals surface area contributed by atoms with Crippen molar-refractivity contribution < 1.29 is 9.47 Å². The maximum atomic E-state index is 4.87. The number of hydrogen-bond donors (Lipinski definition) is 0. The number of methoxy groups -OCH3 is 1. The van der Waals surface area contributed by atoms with Crippen LogP contribution < -0.4 is 0 Å². The van der Waals surface area contributed by atoms with E-state index in [2.05, 4.69) is 4.74 Å². The predicted octanol–water partition coefficient (Wildman–Crippen LogP) is 0.927. The molecule has 2 nitrogen and oxygen atoms in total. The van der Waals surface area contributed by atoms with Crippen molar-refractivity contribution >= 4 is 11.8 Å². The summed E-state index contributed by atoms with van der Waals surface area (Å²) in [6.07, 6.45) is 1.98. The van der Waals surface area contributed by atoms with Gasteiger partial charge in [-0.25, -0.2) is 0 Å². The van der Waals surface area contributed by atoms with E-state index in [1.807, 2.05) is 6.26 Å². The molecular formula is C4H10O2S. The Bertz CT molecular complexity index is 28.9. The standard InChI is InChI=1S/C4H10O2S/c1-5-3-6-4-7-2/h3-4H2,1-2H3. The highest BCUT2D eigenvalue weighted by Crippen LogP contribution is 1.90. The molecule has 0 aliphatic carbocycles. The Balaban J connectivity index is 2.45. The molecule has 0 rings (SSSR count). The summed E-state index contributed by atoms with van der Waals surface area (Å²) in [4.78, 5) is 0. The largest absolute Gasteiger partial charge is 0.359 e. The molecule has 0 aliphatic rings. The minimum atomic E-state index is 0.404. The summed E-state index contributed by atoms with van der Waals surface area (Å²) in [6.45, 7) is 0.404. The lowest BCUT2D eigenvalue weighted by Crippen LogP contribution is -1.93. The Morgan fingerprint density at radius 3 is 2.71 bits per heavy atom. The van der Waals surface area contributed by atoms with Gasteiger partial charge in [-0.2, -0.15) is 0 Å². The molecule has 0 atom stereocenters. The van der Waals surface area contributed by atoms with Crippen LogP contribution in [-0.4, -0.2) is 26.1 Å². The van der Waals surface area contributed by atoms with Gasteiger partial charge in [0.2, 0.25) is 0 Å². The molecule has 0 saturated heterocycles. The molecule has 0 spiro atoms. The average molecular weight is 122 g/mol. The second-order valence-electron chi connectivity index (χ2n) is 1.02. The molecule has 0 radical (unpaired) electrons. The van der Waals surface area contributed by atoms with Gasteiger partial charge in [0.15, 0.2) is 0 Å². The number of rotatable bonds is 4. The van der Waals surface area contributed by atoms with Gasteiger partial charge in [-0.3, -0.25) is 0 Å². The van der Waals surface area contributed by atoms with Gasteiger partial charge in [0.05, 0.1) is 5.94 Å². The fraction of sp³-hybridized carbons (Fsp3) is 1.00. The fourth-order valence-electron chi connectivity index (χ4n) is 0.201. The van der Waals surface area contributed by atoms with E-state index in [0.717, 1.165) is 0 Å². The summed E-state index contributed by atoms with van der Waals surface area (Å²) < 4.78 is 9.48. The first kappa shape index (κ1) is 7.27. The monoisotopic (exact) mass is 122 g/mol. The maximum absolute atomic E-state index is 4.87. The lowest BCUT2D eigenvalue weighted by molar-refractivity contribution is -0.00961. The van der Waals surface area contributed by atoms with Gasteiger partial charge in [0, 0.05) is 7.11 Å². The van der Waals surface area contributed by atoms with Crippen LogP contribution in [0, 0.1) is 0 Å². The molecule has 0 aromatic rings. The number of hydrogen-bond acceptors (Lipinski definition) is 3. The highest BCUT2D eigenvalue weighted by molar-refractivity contribution is 7.98. The first-order chi connectivity index (χ1) is 3.41. The van der Waals surface area contributed by atoms with Crippen LogP contribution in [0.25, 0.3) is 0 Å². The maximum Gasteiger partial charge on any atom is 0.147 e. The molecule has 3 heteroatoms. The Morgan fingerprint density at radius 1 is 1.57 bits per heavy atom. The molecule has 0 aromatic heterocycles. The topological polar surface area (TPSA) is 18.5 Å². The third kappa shape index (κ3) is 6.27. The van der Waals surface area contributed by atoms with Crippen LogP contribution in [0.1, 0.15) is 0 Å². The molecule has 0 fully saturated rings. The zero-order valence-corrected chi connectivity index (χ0v) is 5.46. The molecule has 7 heavy (non-hydrogen) atoms. The third-order valence-corrected chi connectivity index (χ3v) is 0.805. The Morgan fingerprint density at radius 2 is 2.29 bits per heavy atom. The molecule has 44 valence electrons. The highest BCUT2D eigenvalue weighted by atomic mass is 32.2. The summed E-state index contributed by atoms with van der Waals surface area (Å²) in [5.74, 6) is 0.716. The summed E-state index contributed by atoms with van der Waals surface area (Å²) in [6, 6.07) is 0. The Labute approximate surface area is 48.2 Å². The van der Waals surface area contributed by atoms with Gasteiger partial charge in [0.1, 0.15) is 6.79 Å². The minimum Gasteiger partial charge on any atom is -0.359 e. The lowest BCUT2D eigenvalue weighted by Gasteiger charge is -1.96. The molecule has 0 bridgehead atoms. The van der Waals surface area contributed by atoms with E-state index in [1.165, 1.54) is 0 Å². The first-order valence-electron chi connectivity index (χ1n) is 1.97. The summed E-state index contributed by atoms with van der Waals surface area (Å²) in [5, 5.41) is 0. The molecule has 0 amide bonds. The van der Waals surface area contributed by atoms with Crippen molar-refractivity contribution in [2.75, 3.05) is 26.1 Å². The smallest absolute Gasteiger partial charge is 0.147 e. The van der Waals surface area contributed by atoms with Crippen LogP contribution in [0.15, 0.2) is 0 Å². The van der Waals surface area contributed by atoms with Crippen LogP contribution in [0.3, 0.4) is 0 Å². The van der Waals surface area contributed by atoms with Crippen molar-refractivity contribution in [3.63, 3.8) is 0 Å². The van der Waals surface area contributed by atoms with E-state index in [1.54, 1.807) is 18.9 Å². The second kappa shape index (κ2) is 6.27. The first-order valence-corrected chi connectivity index (χ1v) is 3.37.